The van der Waals surface area contributed by atoms with E-state index in [0.717, 1.165) is 21.5 Å². The first-order valence-corrected chi connectivity index (χ1v) is 5.70. The predicted molar refractivity (Wildman–Crippen MR) is 67.3 cm³/mol. The molecule has 0 fully saturated rings. The molecule has 0 bridgehead atoms. The van der Waals surface area contributed by atoms with Gasteiger partial charge in [0.2, 0.25) is 0 Å². The van der Waals surface area contributed by atoms with Crippen LogP contribution < -0.4 is 11.2 Å². The average molecular weight is 276 g/mol. The average Bonchev–Trinajstić information content (AvgIpc) is 2.75. The first kappa shape index (κ1) is 12.3. The highest BCUT2D eigenvalue weighted by molar-refractivity contribution is 5.75. The summed E-state index contributed by atoms with van der Waals surface area (Å²) in [5, 5.41) is 3.66. The quantitative estimate of drug-likeness (QED) is 0.647. The lowest BCUT2D eigenvalue weighted by Gasteiger charge is -2.06. The molecule has 0 amide bonds. The molecule has 8 heteroatoms. The van der Waals surface area contributed by atoms with E-state index >= 15 is 0 Å². The second-order valence-corrected chi connectivity index (χ2v) is 4.24. The van der Waals surface area contributed by atoms with E-state index in [-0.39, 0.29) is 11.3 Å². The van der Waals surface area contributed by atoms with Crippen LogP contribution in [0.5, 0.6) is 0 Å². The maximum absolute atomic E-state index is 14.1. The molecule has 0 radical (unpaired) electrons. The van der Waals surface area contributed by atoms with Crippen LogP contribution in [-0.2, 0) is 7.05 Å². The van der Waals surface area contributed by atoms with E-state index in [1.54, 1.807) is 6.92 Å². The van der Waals surface area contributed by atoms with E-state index < -0.39 is 17.1 Å². The molecule has 0 aliphatic rings. The number of hydrogen-bond donors (Lipinski definition) is 0. The summed E-state index contributed by atoms with van der Waals surface area (Å²) in [5.41, 5.74) is -0.713. The minimum atomic E-state index is -0.740. The molecule has 0 N–H and O–H groups in total. The van der Waals surface area contributed by atoms with E-state index in [1.807, 2.05) is 0 Å². The SMILES string of the molecule is Cc1nc2cc(-n3ncc(=O)n(C)c3=O)c(F)cc2o1. The van der Waals surface area contributed by atoms with Crippen LogP contribution in [0.4, 0.5) is 4.39 Å². The number of aryl methyl sites for hydroxylation is 1. The van der Waals surface area contributed by atoms with Crippen molar-refractivity contribution in [3.63, 3.8) is 0 Å². The number of fused-ring (bicyclic) bond motifs is 1. The Balaban J connectivity index is 2.34. The van der Waals surface area contributed by atoms with Gasteiger partial charge >= 0.3 is 5.69 Å². The fourth-order valence-electron chi connectivity index (χ4n) is 1.86. The van der Waals surface area contributed by atoms with Crippen molar-refractivity contribution in [1.29, 1.82) is 0 Å². The minimum Gasteiger partial charge on any atom is -0.441 e. The Morgan fingerprint density at radius 1 is 1.30 bits per heavy atom. The smallest absolute Gasteiger partial charge is 0.352 e. The van der Waals surface area contributed by atoms with Crippen LogP contribution in [0.2, 0.25) is 0 Å². The van der Waals surface area contributed by atoms with Crippen LogP contribution in [0.3, 0.4) is 0 Å². The molecule has 0 atom stereocenters. The van der Waals surface area contributed by atoms with Gasteiger partial charge in [-0.05, 0) is 6.07 Å². The van der Waals surface area contributed by atoms with Gasteiger partial charge in [0, 0.05) is 20.0 Å². The number of benzene rings is 1. The first-order valence-electron chi connectivity index (χ1n) is 5.70. The molecule has 1 aromatic carbocycles. The normalized spacial score (nSPS) is 11.2. The Morgan fingerprint density at radius 2 is 2.05 bits per heavy atom. The molecule has 3 rings (SSSR count). The maximum Gasteiger partial charge on any atom is 0.352 e. The molecular formula is C12H9FN4O3. The number of rotatable bonds is 1. The van der Waals surface area contributed by atoms with Crippen LogP contribution >= 0.6 is 0 Å². The molecule has 7 nitrogen and oxygen atoms in total. The van der Waals surface area contributed by atoms with Gasteiger partial charge in [-0.2, -0.15) is 9.78 Å². The Bertz CT molecular complexity index is 938. The van der Waals surface area contributed by atoms with Gasteiger partial charge in [-0.15, -0.1) is 0 Å². The maximum atomic E-state index is 14.1. The van der Waals surface area contributed by atoms with Gasteiger partial charge in [0.25, 0.3) is 5.56 Å². The summed E-state index contributed by atoms with van der Waals surface area (Å²) >= 11 is 0. The predicted octanol–water partition coefficient (Wildman–Crippen LogP) is 0.520. The van der Waals surface area contributed by atoms with Gasteiger partial charge in [0.1, 0.15) is 17.4 Å². The van der Waals surface area contributed by atoms with E-state index in [9.17, 15) is 14.0 Å². The van der Waals surface area contributed by atoms with Crippen LogP contribution in [0.25, 0.3) is 16.8 Å². The van der Waals surface area contributed by atoms with Crippen molar-refractivity contribution in [2.75, 3.05) is 0 Å². The molecular weight excluding hydrogens is 267 g/mol. The van der Waals surface area contributed by atoms with Gasteiger partial charge in [-0.3, -0.25) is 9.36 Å². The third kappa shape index (κ3) is 1.73. The van der Waals surface area contributed by atoms with E-state index in [2.05, 4.69) is 10.1 Å². The van der Waals surface area contributed by atoms with E-state index in [1.165, 1.54) is 13.1 Å². The second kappa shape index (κ2) is 4.12. The zero-order chi connectivity index (χ0) is 14.4. The third-order valence-corrected chi connectivity index (χ3v) is 2.87. The number of oxazole rings is 1. The number of nitrogens with zero attached hydrogens (tertiary/aromatic N) is 4. The topological polar surface area (TPSA) is 82.9 Å². The van der Waals surface area contributed by atoms with Crippen molar-refractivity contribution in [3.8, 4) is 5.69 Å². The summed E-state index contributed by atoms with van der Waals surface area (Å²) in [4.78, 5) is 27.3. The summed E-state index contributed by atoms with van der Waals surface area (Å²) in [7, 11) is 1.29. The number of hydrogen-bond acceptors (Lipinski definition) is 5. The summed E-state index contributed by atoms with van der Waals surface area (Å²) in [6, 6.07) is 2.48. The second-order valence-electron chi connectivity index (χ2n) is 4.24. The van der Waals surface area contributed by atoms with Crippen LogP contribution in [0.1, 0.15) is 5.89 Å². The highest BCUT2D eigenvalue weighted by Crippen LogP contribution is 2.21. The zero-order valence-electron chi connectivity index (χ0n) is 10.6. The molecule has 0 aliphatic carbocycles. The molecule has 2 aromatic heterocycles. The monoisotopic (exact) mass is 276 g/mol. The Hall–Kier alpha value is -2.77. The van der Waals surface area contributed by atoms with E-state index in [0.29, 0.717) is 11.4 Å². The van der Waals surface area contributed by atoms with Crippen molar-refractivity contribution < 1.29 is 8.81 Å². The third-order valence-electron chi connectivity index (χ3n) is 2.87. The van der Waals surface area contributed by atoms with Crippen molar-refractivity contribution in [2.24, 2.45) is 7.05 Å². The summed E-state index contributed by atoms with van der Waals surface area (Å²) < 4.78 is 20.9. The lowest BCUT2D eigenvalue weighted by atomic mass is 10.2. The molecule has 0 saturated carbocycles. The Morgan fingerprint density at radius 3 is 2.80 bits per heavy atom. The lowest BCUT2D eigenvalue weighted by Crippen LogP contribution is -2.38. The van der Waals surface area contributed by atoms with Gasteiger partial charge < -0.3 is 4.42 Å². The van der Waals surface area contributed by atoms with Crippen LogP contribution in [-0.4, -0.2) is 19.3 Å². The molecule has 3 aromatic rings. The minimum absolute atomic E-state index is 0.0913. The Labute approximate surface area is 110 Å². The molecule has 102 valence electrons. The van der Waals surface area contributed by atoms with Gasteiger partial charge in [-0.25, -0.2) is 14.2 Å². The highest BCUT2D eigenvalue weighted by atomic mass is 19.1. The van der Waals surface area contributed by atoms with E-state index in [4.69, 9.17) is 4.42 Å². The van der Waals surface area contributed by atoms with Gasteiger partial charge in [-0.1, -0.05) is 0 Å². The van der Waals surface area contributed by atoms with Crippen molar-refractivity contribution in [1.82, 2.24) is 19.3 Å². The first-order chi connectivity index (χ1) is 9.47. The fraction of sp³-hybridized carbons (Fsp3) is 0.167. The molecule has 0 unspecified atom stereocenters. The molecule has 2 heterocycles. The van der Waals surface area contributed by atoms with Gasteiger partial charge in [0.05, 0.1) is 0 Å². The Kier molecular flexibility index (Phi) is 2.53. The van der Waals surface area contributed by atoms with Crippen molar-refractivity contribution >= 4 is 11.1 Å². The number of halogens is 1. The highest BCUT2D eigenvalue weighted by Gasteiger charge is 2.14. The van der Waals surface area contributed by atoms with Crippen molar-refractivity contribution in [3.05, 3.63) is 50.9 Å². The molecule has 0 spiro atoms. The molecule has 20 heavy (non-hydrogen) atoms. The van der Waals surface area contributed by atoms with Crippen LogP contribution in [0, 0.1) is 12.7 Å². The summed E-state index contributed by atoms with van der Waals surface area (Å²) in [6.07, 6.45) is 0.944. The lowest BCUT2D eigenvalue weighted by molar-refractivity contribution is 0.552. The largest absolute Gasteiger partial charge is 0.441 e. The van der Waals surface area contributed by atoms with Crippen LogP contribution in [0.15, 0.2) is 32.3 Å². The zero-order valence-corrected chi connectivity index (χ0v) is 10.6. The summed E-state index contributed by atoms with van der Waals surface area (Å²) in [5.74, 6) is -0.306. The van der Waals surface area contributed by atoms with Crippen molar-refractivity contribution in [2.45, 2.75) is 6.92 Å². The molecule has 0 aliphatic heterocycles. The van der Waals surface area contributed by atoms with Gasteiger partial charge in [0.15, 0.2) is 17.3 Å². The standard InChI is InChI=1S/C12H9FN4O3/c1-6-15-8-4-9(7(13)3-10(8)20-6)17-12(19)16(2)11(18)5-14-17/h3-5H,1-2H3. The summed E-state index contributed by atoms with van der Waals surface area (Å²) in [6.45, 7) is 1.63. The fourth-order valence-corrected chi connectivity index (χ4v) is 1.86. The molecule has 0 saturated heterocycles. The number of aromatic nitrogens is 4.